The Morgan fingerprint density at radius 3 is 2.40 bits per heavy atom. The van der Waals surface area contributed by atoms with Gasteiger partial charge in [0.25, 0.3) is 5.69 Å². The van der Waals surface area contributed by atoms with Crippen molar-refractivity contribution in [3.8, 4) is 17.1 Å². The van der Waals surface area contributed by atoms with Gasteiger partial charge in [0.15, 0.2) is 5.82 Å². The molecule has 4 aromatic rings. The summed E-state index contributed by atoms with van der Waals surface area (Å²) in [7, 11) is 0. The summed E-state index contributed by atoms with van der Waals surface area (Å²) >= 11 is 6.83. The molecule has 0 spiro atoms. The first kappa shape index (κ1) is 24.0. The molecule has 0 radical (unpaired) electrons. The van der Waals surface area contributed by atoms with Gasteiger partial charge < -0.3 is 9.84 Å². The summed E-state index contributed by atoms with van der Waals surface area (Å²) in [5, 5.41) is 28.1. The lowest BCUT2D eigenvalue weighted by molar-refractivity contribution is -0.384. The summed E-state index contributed by atoms with van der Waals surface area (Å²) in [6.07, 6.45) is 1.52. The SMILES string of the molecule is O=C(O)/C(=C/c1ccc(OCc2ccc([N+](=O)[O-])cc2)cc1)Sc1n[nH]c(-c2ccc(Cl)cc2)n1. The molecule has 0 amide bonds. The van der Waals surface area contributed by atoms with Crippen molar-refractivity contribution in [2.45, 2.75) is 11.8 Å². The lowest BCUT2D eigenvalue weighted by atomic mass is 10.2. The molecule has 0 bridgehead atoms. The van der Waals surface area contributed by atoms with Crippen LogP contribution in [0.2, 0.25) is 5.02 Å². The molecule has 0 aliphatic rings. The van der Waals surface area contributed by atoms with Gasteiger partial charge in [0.05, 0.1) is 4.92 Å². The highest BCUT2D eigenvalue weighted by Gasteiger charge is 2.14. The Morgan fingerprint density at radius 2 is 1.77 bits per heavy atom. The molecule has 0 aliphatic carbocycles. The number of nitro benzene ring substituents is 1. The Bertz CT molecular complexity index is 1370. The molecular weight excluding hydrogens is 492 g/mol. The molecule has 4 rings (SSSR count). The van der Waals surface area contributed by atoms with E-state index in [-0.39, 0.29) is 22.4 Å². The van der Waals surface area contributed by atoms with E-state index in [4.69, 9.17) is 16.3 Å². The number of aromatic amines is 1. The van der Waals surface area contributed by atoms with Crippen LogP contribution >= 0.6 is 23.4 Å². The minimum atomic E-state index is -1.11. The van der Waals surface area contributed by atoms with E-state index in [1.54, 1.807) is 60.7 Å². The smallest absolute Gasteiger partial charge is 0.342 e. The van der Waals surface area contributed by atoms with Crippen LogP contribution in [0.25, 0.3) is 17.5 Å². The minimum Gasteiger partial charge on any atom is -0.489 e. The largest absolute Gasteiger partial charge is 0.489 e. The van der Waals surface area contributed by atoms with Crippen molar-refractivity contribution in [2.24, 2.45) is 0 Å². The van der Waals surface area contributed by atoms with E-state index in [1.165, 1.54) is 18.2 Å². The normalized spacial score (nSPS) is 11.3. The lowest BCUT2D eigenvalue weighted by Crippen LogP contribution is -1.98. The van der Waals surface area contributed by atoms with Crippen molar-refractivity contribution in [3.05, 3.63) is 104 Å². The highest BCUT2D eigenvalue weighted by Crippen LogP contribution is 2.28. The van der Waals surface area contributed by atoms with E-state index < -0.39 is 10.9 Å². The van der Waals surface area contributed by atoms with E-state index in [0.717, 1.165) is 22.9 Å². The maximum atomic E-state index is 11.8. The van der Waals surface area contributed by atoms with Crippen LogP contribution < -0.4 is 4.74 Å². The summed E-state index contributed by atoms with van der Waals surface area (Å²) in [4.78, 5) is 26.5. The van der Waals surface area contributed by atoms with Gasteiger partial charge in [-0.1, -0.05) is 23.7 Å². The van der Waals surface area contributed by atoms with Crippen LogP contribution in [-0.2, 0) is 11.4 Å². The van der Waals surface area contributed by atoms with Crippen LogP contribution in [0.5, 0.6) is 5.75 Å². The van der Waals surface area contributed by atoms with Gasteiger partial charge >= 0.3 is 5.97 Å². The Balaban J connectivity index is 1.40. The predicted octanol–water partition coefficient (Wildman–Crippen LogP) is 5.83. The number of benzene rings is 3. The number of H-pyrrole nitrogens is 1. The number of thioether (sulfide) groups is 1. The summed E-state index contributed by atoms with van der Waals surface area (Å²) in [5.41, 5.74) is 2.24. The third kappa shape index (κ3) is 6.46. The topological polar surface area (TPSA) is 131 Å². The molecule has 35 heavy (non-hydrogen) atoms. The Labute approximate surface area is 208 Å². The fourth-order valence-corrected chi connectivity index (χ4v) is 3.79. The van der Waals surface area contributed by atoms with Gasteiger partial charge in [-0.3, -0.25) is 15.2 Å². The molecule has 2 N–H and O–H groups in total. The van der Waals surface area contributed by atoms with E-state index >= 15 is 0 Å². The zero-order valence-electron chi connectivity index (χ0n) is 17.9. The maximum Gasteiger partial charge on any atom is 0.342 e. The number of non-ortho nitro benzene ring substituents is 1. The van der Waals surface area contributed by atoms with Crippen LogP contribution in [0, 0.1) is 10.1 Å². The molecule has 9 nitrogen and oxygen atoms in total. The number of aromatic nitrogens is 3. The average molecular weight is 509 g/mol. The van der Waals surface area contributed by atoms with Gasteiger partial charge in [-0.2, -0.15) is 0 Å². The fraction of sp³-hybridized carbons (Fsp3) is 0.0417. The molecule has 1 heterocycles. The van der Waals surface area contributed by atoms with Crippen molar-refractivity contribution >= 4 is 41.1 Å². The van der Waals surface area contributed by atoms with Gasteiger partial charge in [-0.25, -0.2) is 9.78 Å². The highest BCUT2D eigenvalue weighted by molar-refractivity contribution is 8.04. The number of carboxylic acids is 1. The molecule has 0 fully saturated rings. The van der Waals surface area contributed by atoms with Crippen molar-refractivity contribution in [2.75, 3.05) is 0 Å². The first-order valence-corrected chi connectivity index (χ1v) is 11.3. The number of hydrogen-bond acceptors (Lipinski definition) is 7. The fourth-order valence-electron chi connectivity index (χ4n) is 2.95. The molecule has 3 aromatic carbocycles. The van der Waals surface area contributed by atoms with Crippen LogP contribution in [0.3, 0.4) is 0 Å². The summed E-state index contributed by atoms with van der Waals surface area (Å²) in [5.74, 6) is -0.0265. The monoisotopic (exact) mass is 508 g/mol. The summed E-state index contributed by atoms with van der Waals surface area (Å²) in [6, 6.07) is 20.0. The number of nitro groups is 1. The second-order valence-corrected chi connectivity index (χ2v) is 8.62. The first-order chi connectivity index (χ1) is 16.9. The van der Waals surface area contributed by atoms with E-state index in [0.29, 0.717) is 22.2 Å². The number of nitrogens with one attached hydrogen (secondary N) is 1. The Morgan fingerprint density at radius 1 is 1.09 bits per heavy atom. The van der Waals surface area contributed by atoms with Crippen molar-refractivity contribution in [1.82, 2.24) is 15.2 Å². The molecule has 0 saturated carbocycles. The molecule has 176 valence electrons. The van der Waals surface area contributed by atoms with Crippen LogP contribution in [0.1, 0.15) is 11.1 Å². The molecular formula is C24H17ClN4O5S. The van der Waals surface area contributed by atoms with Crippen molar-refractivity contribution < 1.29 is 19.6 Å². The summed E-state index contributed by atoms with van der Waals surface area (Å²) in [6.45, 7) is 0.240. The minimum absolute atomic E-state index is 0.0169. The molecule has 11 heteroatoms. The highest BCUT2D eigenvalue weighted by atomic mass is 35.5. The number of hydrogen-bond donors (Lipinski definition) is 2. The van der Waals surface area contributed by atoms with Gasteiger partial charge in [0, 0.05) is 22.7 Å². The number of carbonyl (C=O) groups is 1. The quantitative estimate of drug-likeness (QED) is 0.125. The number of rotatable bonds is 9. The van der Waals surface area contributed by atoms with Crippen LogP contribution in [0.15, 0.2) is 82.9 Å². The standard InChI is InChI=1S/C24H17ClN4O5S/c25-18-7-5-17(6-8-18)22-26-24(28-27-22)35-21(23(30)31)13-15-3-11-20(12-4-15)34-14-16-1-9-19(10-2-16)29(32)33/h1-13H,14H2,(H,30,31)(H,26,27,28)/b21-13-. The zero-order valence-corrected chi connectivity index (χ0v) is 19.5. The number of aliphatic carboxylic acids is 1. The number of ether oxygens (including phenoxy) is 1. The molecule has 0 aliphatic heterocycles. The van der Waals surface area contributed by atoms with Gasteiger partial charge in [0.1, 0.15) is 17.3 Å². The van der Waals surface area contributed by atoms with E-state index in [9.17, 15) is 20.0 Å². The Hall–Kier alpha value is -4.15. The first-order valence-electron chi connectivity index (χ1n) is 10.1. The van der Waals surface area contributed by atoms with Gasteiger partial charge in [-0.05, 0) is 77.5 Å². The number of nitrogens with zero attached hydrogens (tertiary/aromatic N) is 3. The molecule has 1 aromatic heterocycles. The molecule has 0 saturated heterocycles. The lowest BCUT2D eigenvalue weighted by Gasteiger charge is -2.07. The number of carboxylic acid groups (broad SMARTS) is 1. The molecule has 0 unspecified atom stereocenters. The van der Waals surface area contributed by atoms with Crippen molar-refractivity contribution in [3.63, 3.8) is 0 Å². The zero-order chi connectivity index (χ0) is 24.8. The second kappa shape index (κ2) is 10.9. The maximum absolute atomic E-state index is 11.8. The molecule has 0 atom stereocenters. The Kier molecular flexibility index (Phi) is 7.44. The van der Waals surface area contributed by atoms with Crippen LogP contribution in [0.4, 0.5) is 5.69 Å². The van der Waals surface area contributed by atoms with Crippen molar-refractivity contribution in [1.29, 1.82) is 0 Å². The third-order valence-electron chi connectivity index (χ3n) is 4.73. The van der Waals surface area contributed by atoms with Gasteiger partial charge in [0.2, 0.25) is 5.16 Å². The second-order valence-electron chi connectivity index (χ2n) is 7.17. The van der Waals surface area contributed by atoms with Crippen LogP contribution in [-0.4, -0.2) is 31.2 Å². The summed E-state index contributed by atoms with van der Waals surface area (Å²) < 4.78 is 5.70. The predicted molar refractivity (Wildman–Crippen MR) is 132 cm³/mol. The number of halogens is 1. The van der Waals surface area contributed by atoms with Gasteiger partial charge in [-0.15, -0.1) is 5.10 Å². The third-order valence-corrected chi connectivity index (χ3v) is 5.85. The average Bonchev–Trinajstić information content (AvgIpc) is 3.32. The van der Waals surface area contributed by atoms with E-state index in [1.807, 2.05) is 0 Å². The van der Waals surface area contributed by atoms with E-state index in [2.05, 4.69) is 15.2 Å².